The van der Waals surface area contributed by atoms with Gasteiger partial charge in [0, 0.05) is 26.7 Å². The summed E-state index contributed by atoms with van der Waals surface area (Å²) in [5, 5.41) is 5.27. The van der Waals surface area contributed by atoms with E-state index >= 15 is 0 Å². The first-order valence-electron chi connectivity index (χ1n) is 12.6. The second-order valence-electron chi connectivity index (χ2n) is 9.14. The SMILES string of the molecule is Cc1ccc(NC(=O)COc2ccc(Cl)cc2/C=C2\SC(=O)N(CCOc3cccc4ccccc34)C2=O)cc1Cl. The van der Waals surface area contributed by atoms with E-state index in [0.717, 1.165) is 33.0 Å². The van der Waals surface area contributed by atoms with Crippen LogP contribution in [0.2, 0.25) is 10.0 Å². The summed E-state index contributed by atoms with van der Waals surface area (Å²) in [5.41, 5.74) is 1.90. The number of aryl methyl sites for hydroxylation is 1. The van der Waals surface area contributed by atoms with Gasteiger partial charge in [-0.2, -0.15) is 0 Å². The number of imide groups is 1. The molecule has 5 rings (SSSR count). The van der Waals surface area contributed by atoms with Gasteiger partial charge in [0.15, 0.2) is 6.61 Å². The molecule has 4 aromatic carbocycles. The minimum absolute atomic E-state index is 0.0906. The molecule has 0 aliphatic carbocycles. The number of benzene rings is 4. The third kappa shape index (κ3) is 6.85. The van der Waals surface area contributed by atoms with Gasteiger partial charge in [-0.1, -0.05) is 65.7 Å². The van der Waals surface area contributed by atoms with Gasteiger partial charge in [-0.05, 0) is 72.1 Å². The normalized spacial score (nSPS) is 14.1. The fourth-order valence-corrected chi connectivity index (χ4v) is 5.39. The number of hydrogen-bond donors (Lipinski definition) is 1. The van der Waals surface area contributed by atoms with Crippen molar-refractivity contribution in [2.24, 2.45) is 0 Å². The maximum atomic E-state index is 13.1. The molecule has 0 saturated carbocycles. The molecule has 4 aromatic rings. The van der Waals surface area contributed by atoms with Crippen molar-refractivity contribution in [3.8, 4) is 11.5 Å². The number of fused-ring (bicyclic) bond motifs is 1. The van der Waals surface area contributed by atoms with E-state index in [4.69, 9.17) is 32.7 Å². The van der Waals surface area contributed by atoms with Crippen LogP contribution in [0, 0.1) is 6.92 Å². The van der Waals surface area contributed by atoms with Crippen molar-refractivity contribution < 1.29 is 23.9 Å². The van der Waals surface area contributed by atoms with E-state index in [1.54, 1.807) is 36.4 Å². The Morgan fingerprint density at radius 3 is 2.59 bits per heavy atom. The number of ether oxygens (including phenoxy) is 2. The molecule has 0 bridgehead atoms. The number of nitrogens with one attached hydrogen (secondary N) is 1. The third-order valence-electron chi connectivity index (χ3n) is 6.27. The van der Waals surface area contributed by atoms with Gasteiger partial charge in [0.1, 0.15) is 18.1 Å². The molecule has 1 fully saturated rings. The van der Waals surface area contributed by atoms with Crippen LogP contribution in [0.1, 0.15) is 11.1 Å². The number of carbonyl (C=O) groups is 3. The Labute approximate surface area is 251 Å². The molecule has 41 heavy (non-hydrogen) atoms. The largest absolute Gasteiger partial charge is 0.491 e. The molecule has 10 heteroatoms. The molecule has 0 aromatic heterocycles. The molecule has 7 nitrogen and oxygen atoms in total. The molecule has 0 atom stereocenters. The van der Waals surface area contributed by atoms with Gasteiger partial charge in [-0.3, -0.25) is 19.3 Å². The van der Waals surface area contributed by atoms with Crippen molar-refractivity contribution in [1.82, 2.24) is 4.90 Å². The zero-order chi connectivity index (χ0) is 28.9. The highest BCUT2D eigenvalue weighted by molar-refractivity contribution is 8.18. The lowest BCUT2D eigenvalue weighted by molar-refractivity contribution is -0.123. The molecule has 1 heterocycles. The van der Waals surface area contributed by atoms with Crippen molar-refractivity contribution in [1.29, 1.82) is 0 Å². The van der Waals surface area contributed by atoms with E-state index in [0.29, 0.717) is 32.8 Å². The molecule has 0 spiro atoms. The molecular weight excluding hydrogens is 583 g/mol. The van der Waals surface area contributed by atoms with Gasteiger partial charge in [-0.25, -0.2) is 0 Å². The van der Waals surface area contributed by atoms with Crippen LogP contribution in [0.5, 0.6) is 11.5 Å². The highest BCUT2D eigenvalue weighted by Gasteiger charge is 2.35. The number of halogens is 2. The number of hydrogen-bond acceptors (Lipinski definition) is 6. The van der Waals surface area contributed by atoms with E-state index in [-0.39, 0.29) is 24.7 Å². The third-order valence-corrected chi connectivity index (χ3v) is 7.82. The lowest BCUT2D eigenvalue weighted by atomic mass is 10.1. The second kappa shape index (κ2) is 12.7. The first-order valence-corrected chi connectivity index (χ1v) is 14.2. The highest BCUT2D eigenvalue weighted by atomic mass is 35.5. The smallest absolute Gasteiger partial charge is 0.293 e. The molecular formula is C31H24Cl2N2O5S. The number of nitrogens with zero attached hydrogens (tertiary/aromatic N) is 1. The van der Waals surface area contributed by atoms with E-state index in [9.17, 15) is 14.4 Å². The summed E-state index contributed by atoms with van der Waals surface area (Å²) in [4.78, 5) is 39.6. The Bertz CT molecular complexity index is 1690. The van der Waals surface area contributed by atoms with Crippen LogP contribution in [0.25, 0.3) is 16.8 Å². The van der Waals surface area contributed by atoms with E-state index < -0.39 is 17.1 Å². The lowest BCUT2D eigenvalue weighted by Crippen LogP contribution is -2.32. The number of amides is 3. The maximum Gasteiger partial charge on any atom is 0.293 e. The standard InChI is InChI=1S/C31H24Cl2N2O5S/c1-19-9-11-23(17-25(19)33)34-29(36)18-40-26-12-10-22(32)15-21(26)16-28-30(37)35(31(38)41-28)13-14-39-27-8-4-6-20-5-2-3-7-24(20)27/h2-12,15-17H,13-14,18H2,1H3,(H,34,36)/b28-16-. The quantitative estimate of drug-likeness (QED) is 0.198. The summed E-state index contributed by atoms with van der Waals surface area (Å²) in [6, 6.07) is 23.6. The summed E-state index contributed by atoms with van der Waals surface area (Å²) in [6.07, 6.45) is 1.54. The lowest BCUT2D eigenvalue weighted by Gasteiger charge is -2.14. The van der Waals surface area contributed by atoms with Crippen LogP contribution in [0.15, 0.2) is 83.8 Å². The Morgan fingerprint density at radius 2 is 1.76 bits per heavy atom. The van der Waals surface area contributed by atoms with Gasteiger partial charge in [0.25, 0.3) is 17.1 Å². The summed E-state index contributed by atoms with van der Waals surface area (Å²) in [7, 11) is 0. The fraction of sp³-hybridized carbons (Fsp3) is 0.129. The average Bonchev–Trinajstić information content (AvgIpc) is 3.22. The zero-order valence-electron chi connectivity index (χ0n) is 21.9. The number of rotatable bonds is 9. The average molecular weight is 608 g/mol. The Morgan fingerprint density at radius 1 is 0.951 bits per heavy atom. The van der Waals surface area contributed by atoms with Crippen LogP contribution in [0.4, 0.5) is 10.5 Å². The molecule has 1 N–H and O–H groups in total. The van der Waals surface area contributed by atoms with E-state index in [1.165, 1.54) is 6.08 Å². The summed E-state index contributed by atoms with van der Waals surface area (Å²) >= 11 is 13.2. The topological polar surface area (TPSA) is 84.9 Å². The molecule has 0 unspecified atom stereocenters. The van der Waals surface area contributed by atoms with E-state index in [2.05, 4.69) is 5.32 Å². The summed E-state index contributed by atoms with van der Waals surface area (Å²) in [5.74, 6) is 0.178. The van der Waals surface area contributed by atoms with Crippen LogP contribution in [0.3, 0.4) is 0 Å². The van der Waals surface area contributed by atoms with Gasteiger partial charge >= 0.3 is 0 Å². The molecule has 1 saturated heterocycles. The molecule has 3 amide bonds. The van der Waals surface area contributed by atoms with Crippen LogP contribution < -0.4 is 14.8 Å². The Hall–Kier alpha value is -3.98. The van der Waals surface area contributed by atoms with Crippen LogP contribution in [-0.2, 0) is 9.59 Å². The Kier molecular flexibility index (Phi) is 8.83. The van der Waals surface area contributed by atoms with E-state index in [1.807, 2.05) is 49.4 Å². The first-order chi connectivity index (χ1) is 19.8. The monoisotopic (exact) mass is 606 g/mol. The molecule has 1 aliphatic rings. The molecule has 1 aliphatic heterocycles. The fourth-order valence-electron chi connectivity index (χ4n) is 4.18. The Balaban J connectivity index is 1.23. The summed E-state index contributed by atoms with van der Waals surface area (Å²) in [6.45, 7) is 1.81. The zero-order valence-corrected chi connectivity index (χ0v) is 24.2. The second-order valence-corrected chi connectivity index (χ2v) is 11.0. The predicted molar refractivity (Wildman–Crippen MR) is 164 cm³/mol. The van der Waals surface area contributed by atoms with Crippen molar-refractivity contribution in [2.45, 2.75) is 6.92 Å². The minimum Gasteiger partial charge on any atom is -0.491 e. The molecule has 208 valence electrons. The van der Waals surface area contributed by atoms with Crippen molar-refractivity contribution >= 4 is 74.6 Å². The van der Waals surface area contributed by atoms with Gasteiger partial charge in [-0.15, -0.1) is 0 Å². The van der Waals surface area contributed by atoms with Crippen molar-refractivity contribution in [2.75, 3.05) is 25.1 Å². The highest BCUT2D eigenvalue weighted by Crippen LogP contribution is 2.35. The van der Waals surface area contributed by atoms with Gasteiger partial charge in [0.2, 0.25) is 0 Å². The number of anilines is 1. The van der Waals surface area contributed by atoms with Crippen LogP contribution >= 0.6 is 35.0 Å². The number of carbonyl (C=O) groups excluding carboxylic acids is 3. The maximum absolute atomic E-state index is 13.1. The van der Waals surface area contributed by atoms with Crippen molar-refractivity contribution in [3.05, 3.63) is 105 Å². The van der Waals surface area contributed by atoms with Crippen molar-refractivity contribution in [3.63, 3.8) is 0 Å². The predicted octanol–water partition coefficient (Wildman–Crippen LogP) is 7.59. The first kappa shape index (κ1) is 28.5. The molecule has 0 radical (unpaired) electrons. The number of thioether (sulfide) groups is 1. The minimum atomic E-state index is -0.443. The van der Waals surface area contributed by atoms with Crippen LogP contribution in [-0.4, -0.2) is 41.7 Å². The summed E-state index contributed by atoms with van der Waals surface area (Å²) < 4.78 is 11.7. The van der Waals surface area contributed by atoms with Gasteiger partial charge in [0.05, 0.1) is 11.4 Å². The van der Waals surface area contributed by atoms with Gasteiger partial charge < -0.3 is 14.8 Å².